The van der Waals surface area contributed by atoms with E-state index in [2.05, 4.69) is 226 Å². The lowest BCUT2D eigenvalue weighted by Crippen LogP contribution is -1.96. The number of hydrogen-bond donors (Lipinski definition) is 0. The first-order chi connectivity index (χ1) is 29.3. The van der Waals surface area contributed by atoms with E-state index in [9.17, 15) is 0 Å². The second-order valence-corrected chi connectivity index (χ2v) is 15.7. The van der Waals surface area contributed by atoms with Crippen molar-refractivity contribution in [3.63, 3.8) is 0 Å². The molecule has 3 aromatic heterocycles. The van der Waals surface area contributed by atoms with Crippen LogP contribution in [0.4, 0.5) is 0 Å². The van der Waals surface area contributed by atoms with Gasteiger partial charge in [-0.1, -0.05) is 140 Å². The van der Waals surface area contributed by atoms with Crippen molar-refractivity contribution in [3.8, 4) is 28.2 Å². The van der Waals surface area contributed by atoms with Crippen LogP contribution in [0.15, 0.2) is 212 Å². The summed E-state index contributed by atoms with van der Waals surface area (Å²) in [5.74, 6) is 0. The lowest BCUT2D eigenvalue weighted by Gasteiger charge is -2.13. The monoisotopic (exact) mass is 749 g/mol. The van der Waals surface area contributed by atoms with Crippen molar-refractivity contribution in [1.82, 2.24) is 13.7 Å². The molecule has 3 nitrogen and oxygen atoms in total. The molecule has 274 valence electrons. The van der Waals surface area contributed by atoms with Gasteiger partial charge < -0.3 is 13.7 Å². The van der Waals surface area contributed by atoms with Gasteiger partial charge in [0.1, 0.15) is 0 Å². The van der Waals surface area contributed by atoms with Crippen molar-refractivity contribution in [2.45, 2.75) is 0 Å². The highest BCUT2D eigenvalue weighted by Crippen LogP contribution is 2.43. The maximum Gasteiger partial charge on any atom is 0.0562 e. The summed E-state index contributed by atoms with van der Waals surface area (Å²) >= 11 is 0. The Hall–Kier alpha value is -7.88. The molecule has 0 unspecified atom stereocenters. The fraction of sp³-hybridized carbons (Fsp3) is 0. The quantitative estimate of drug-likeness (QED) is 0.170. The number of para-hydroxylation sites is 3. The summed E-state index contributed by atoms with van der Waals surface area (Å²) < 4.78 is 7.35. The first kappa shape index (κ1) is 32.2. The molecule has 13 aromatic rings. The van der Waals surface area contributed by atoms with E-state index in [4.69, 9.17) is 0 Å². The van der Waals surface area contributed by atoms with Gasteiger partial charge in [0.15, 0.2) is 0 Å². The van der Waals surface area contributed by atoms with Gasteiger partial charge in [-0.3, -0.25) is 0 Å². The summed E-state index contributed by atoms with van der Waals surface area (Å²) in [6.45, 7) is 0. The molecule has 0 atom stereocenters. The minimum Gasteiger partial charge on any atom is -0.309 e. The summed E-state index contributed by atoms with van der Waals surface area (Å²) in [5, 5.41) is 12.4. The van der Waals surface area contributed by atoms with E-state index in [1.165, 1.54) is 109 Å². The molecule has 0 radical (unpaired) electrons. The van der Waals surface area contributed by atoms with Crippen LogP contribution in [0.2, 0.25) is 0 Å². The number of aromatic nitrogens is 3. The molecule has 0 aliphatic rings. The van der Waals surface area contributed by atoms with Crippen LogP contribution in [0, 0.1) is 0 Å². The Labute approximate surface area is 339 Å². The minimum absolute atomic E-state index is 1.16. The molecule has 0 saturated heterocycles. The molecule has 3 heteroatoms. The van der Waals surface area contributed by atoms with Gasteiger partial charge in [-0.2, -0.15) is 0 Å². The zero-order chi connectivity index (χ0) is 38.6. The fourth-order valence-electron chi connectivity index (χ4n) is 9.99. The van der Waals surface area contributed by atoms with Crippen LogP contribution < -0.4 is 0 Å². The molecule has 0 aliphatic heterocycles. The Balaban J connectivity index is 1.09. The third-order valence-electron chi connectivity index (χ3n) is 12.6. The van der Waals surface area contributed by atoms with Crippen LogP contribution in [-0.4, -0.2) is 13.7 Å². The van der Waals surface area contributed by atoms with Gasteiger partial charge in [-0.05, 0) is 94.7 Å². The van der Waals surface area contributed by atoms with Crippen LogP contribution in [0.5, 0.6) is 0 Å². The molecule has 13 rings (SSSR count). The van der Waals surface area contributed by atoms with E-state index in [1.54, 1.807) is 0 Å². The smallest absolute Gasteiger partial charge is 0.0562 e. The van der Waals surface area contributed by atoms with E-state index in [-0.39, 0.29) is 0 Å². The van der Waals surface area contributed by atoms with Gasteiger partial charge in [-0.25, -0.2) is 0 Å². The van der Waals surface area contributed by atoms with Crippen LogP contribution in [0.3, 0.4) is 0 Å². The maximum atomic E-state index is 2.49. The lowest BCUT2D eigenvalue weighted by atomic mass is 10.00. The van der Waals surface area contributed by atoms with Crippen molar-refractivity contribution in [3.05, 3.63) is 212 Å². The van der Waals surface area contributed by atoms with Crippen LogP contribution in [0.25, 0.3) is 115 Å². The molecule has 0 N–H and O–H groups in total. The standard InChI is InChI=1S/C56H35N3/c1-2-18-40(19-3-1)57-51-24-10-8-23-44(51)47-34-48-46-33-39(29-31-54(46)59(56(48)35-55(47)57)50-27-13-17-37-15-5-7-21-42(37)50)38-28-30-53-45(32-38)43-22-9-11-25-52(43)58(53)49-26-12-16-36-14-4-6-20-41(36)49/h1-35H. The average molecular weight is 750 g/mol. The first-order valence-electron chi connectivity index (χ1n) is 20.4. The molecule has 0 bridgehead atoms. The Kier molecular flexibility index (Phi) is 6.72. The summed E-state index contributed by atoms with van der Waals surface area (Å²) in [6, 6.07) is 78.1. The van der Waals surface area contributed by atoms with Gasteiger partial charge in [0.05, 0.1) is 44.5 Å². The van der Waals surface area contributed by atoms with Crippen molar-refractivity contribution in [1.29, 1.82) is 0 Å². The Morgan fingerprint density at radius 2 is 0.627 bits per heavy atom. The molecule has 0 aliphatic carbocycles. The van der Waals surface area contributed by atoms with E-state index in [0.29, 0.717) is 0 Å². The number of rotatable bonds is 4. The molecule has 10 aromatic carbocycles. The lowest BCUT2D eigenvalue weighted by molar-refractivity contribution is 1.17. The van der Waals surface area contributed by atoms with E-state index < -0.39 is 0 Å². The topological polar surface area (TPSA) is 14.8 Å². The molecular formula is C56H35N3. The van der Waals surface area contributed by atoms with Crippen molar-refractivity contribution in [2.24, 2.45) is 0 Å². The molecule has 0 spiro atoms. The van der Waals surface area contributed by atoms with Crippen molar-refractivity contribution >= 4 is 87.0 Å². The summed E-state index contributed by atoms with van der Waals surface area (Å²) in [5.41, 5.74) is 13.1. The van der Waals surface area contributed by atoms with Crippen molar-refractivity contribution in [2.75, 3.05) is 0 Å². The minimum atomic E-state index is 1.16. The predicted molar refractivity (Wildman–Crippen MR) is 250 cm³/mol. The Bertz CT molecular complexity index is 3830. The van der Waals surface area contributed by atoms with Crippen LogP contribution in [0.1, 0.15) is 0 Å². The highest BCUT2D eigenvalue weighted by atomic mass is 15.0. The number of hydrogen-bond acceptors (Lipinski definition) is 0. The molecule has 0 saturated carbocycles. The third kappa shape index (κ3) is 4.64. The summed E-state index contributed by atoms with van der Waals surface area (Å²) in [7, 11) is 0. The molecule has 0 fully saturated rings. The van der Waals surface area contributed by atoms with Gasteiger partial charge in [0.25, 0.3) is 0 Å². The highest BCUT2D eigenvalue weighted by Gasteiger charge is 2.21. The third-order valence-corrected chi connectivity index (χ3v) is 12.6. The molecular weight excluding hydrogens is 715 g/mol. The average Bonchev–Trinajstić information content (AvgIpc) is 3.92. The first-order valence-corrected chi connectivity index (χ1v) is 20.4. The van der Waals surface area contributed by atoms with Crippen LogP contribution >= 0.6 is 0 Å². The van der Waals surface area contributed by atoms with E-state index in [1.807, 2.05) is 0 Å². The van der Waals surface area contributed by atoms with Gasteiger partial charge >= 0.3 is 0 Å². The van der Waals surface area contributed by atoms with Gasteiger partial charge in [0.2, 0.25) is 0 Å². The predicted octanol–water partition coefficient (Wildman–Crippen LogP) is 15.0. The second-order valence-electron chi connectivity index (χ2n) is 15.7. The molecule has 3 heterocycles. The van der Waals surface area contributed by atoms with Gasteiger partial charge in [0, 0.05) is 48.8 Å². The fourth-order valence-corrected chi connectivity index (χ4v) is 9.99. The summed E-state index contributed by atoms with van der Waals surface area (Å²) in [4.78, 5) is 0. The second kappa shape index (κ2) is 12.3. The molecule has 0 amide bonds. The zero-order valence-corrected chi connectivity index (χ0v) is 32.0. The Morgan fingerprint density at radius 3 is 1.24 bits per heavy atom. The molecule has 59 heavy (non-hydrogen) atoms. The van der Waals surface area contributed by atoms with Crippen LogP contribution in [-0.2, 0) is 0 Å². The SMILES string of the molecule is c1ccc(-n2c3ccccc3c3cc4c5cc(-c6ccc7c(c6)c6ccccc6n7-c6cccc7ccccc67)ccc5n(-c5cccc6ccccc56)c4cc32)cc1. The zero-order valence-electron chi connectivity index (χ0n) is 32.0. The van der Waals surface area contributed by atoms with E-state index >= 15 is 0 Å². The van der Waals surface area contributed by atoms with E-state index in [0.717, 1.165) is 5.69 Å². The number of fused-ring (bicyclic) bond motifs is 11. The maximum absolute atomic E-state index is 2.49. The highest BCUT2D eigenvalue weighted by molar-refractivity contribution is 6.20. The van der Waals surface area contributed by atoms with Gasteiger partial charge in [-0.15, -0.1) is 0 Å². The largest absolute Gasteiger partial charge is 0.309 e. The summed E-state index contributed by atoms with van der Waals surface area (Å²) in [6.07, 6.45) is 0. The van der Waals surface area contributed by atoms with Crippen molar-refractivity contribution < 1.29 is 0 Å². The number of benzene rings is 10. The normalized spacial score (nSPS) is 12.1. The number of nitrogens with zero attached hydrogens (tertiary/aromatic N) is 3. The Morgan fingerprint density at radius 1 is 0.220 bits per heavy atom.